The molecule has 0 aliphatic carbocycles. The Balaban J connectivity index is 1.98. The number of phenolic OH excluding ortho intramolecular Hbond substituents is 1. The molecule has 0 saturated carbocycles. The molecule has 0 unspecified atom stereocenters. The number of nitrogens with one attached hydrogen (secondary N) is 1. The third-order valence-electron chi connectivity index (χ3n) is 3.86. The molecule has 6 nitrogen and oxygen atoms in total. The van der Waals surface area contributed by atoms with Gasteiger partial charge < -0.3 is 9.84 Å². The molecule has 0 aromatic heterocycles. The maximum absolute atomic E-state index is 13.0. The van der Waals surface area contributed by atoms with E-state index in [1.54, 1.807) is 24.3 Å². The van der Waals surface area contributed by atoms with Crippen molar-refractivity contribution in [2.45, 2.75) is 6.92 Å². The summed E-state index contributed by atoms with van der Waals surface area (Å²) in [5, 5.41) is 12.1. The summed E-state index contributed by atoms with van der Waals surface area (Å²) in [4.78, 5) is 26.5. The first-order chi connectivity index (χ1) is 13.3. The van der Waals surface area contributed by atoms with Gasteiger partial charge in [-0.3, -0.25) is 19.8 Å². The first-order valence-electron chi connectivity index (χ1n) is 8.14. The normalized spacial score (nSPS) is 15.8. The Labute approximate surface area is 176 Å². The first kappa shape index (κ1) is 20.1. The van der Waals surface area contributed by atoms with Crippen molar-refractivity contribution in [1.82, 2.24) is 5.32 Å². The third kappa shape index (κ3) is 3.96. The van der Waals surface area contributed by atoms with Crippen molar-refractivity contribution >= 4 is 64.1 Å². The summed E-state index contributed by atoms with van der Waals surface area (Å²) in [6.07, 6.45) is 1.33. The minimum atomic E-state index is -0.641. The van der Waals surface area contributed by atoms with Crippen molar-refractivity contribution in [3.63, 3.8) is 0 Å². The molecule has 1 saturated heterocycles. The average Bonchev–Trinajstić information content (AvgIpc) is 2.64. The zero-order valence-electron chi connectivity index (χ0n) is 14.5. The van der Waals surface area contributed by atoms with E-state index in [0.717, 1.165) is 0 Å². The molecule has 1 aliphatic heterocycles. The van der Waals surface area contributed by atoms with Crippen LogP contribution >= 0.6 is 35.4 Å². The average molecular weight is 437 g/mol. The number of amides is 2. The largest absolute Gasteiger partial charge is 0.505 e. The predicted molar refractivity (Wildman–Crippen MR) is 112 cm³/mol. The molecular weight excluding hydrogens is 423 g/mol. The number of nitrogens with zero attached hydrogens (tertiary/aromatic N) is 1. The Morgan fingerprint density at radius 3 is 2.36 bits per heavy atom. The Morgan fingerprint density at radius 1 is 1.18 bits per heavy atom. The molecule has 2 amide bonds. The maximum Gasteiger partial charge on any atom is 0.270 e. The van der Waals surface area contributed by atoms with Crippen molar-refractivity contribution in [3.8, 4) is 11.5 Å². The van der Waals surface area contributed by atoms with E-state index in [4.69, 9.17) is 40.2 Å². The van der Waals surface area contributed by atoms with Gasteiger partial charge in [0.05, 0.1) is 22.3 Å². The number of aromatic hydroxyl groups is 1. The van der Waals surface area contributed by atoms with Crippen LogP contribution in [0.25, 0.3) is 6.08 Å². The Hall–Kier alpha value is -2.61. The van der Waals surface area contributed by atoms with Gasteiger partial charge in [-0.2, -0.15) is 0 Å². The van der Waals surface area contributed by atoms with Crippen LogP contribution in [0.1, 0.15) is 12.5 Å². The first-order valence-corrected chi connectivity index (χ1v) is 9.30. The van der Waals surface area contributed by atoms with Gasteiger partial charge in [0.1, 0.15) is 11.3 Å². The number of hydrogen-bond acceptors (Lipinski definition) is 5. The molecule has 2 N–H and O–H groups in total. The fourth-order valence-electron chi connectivity index (χ4n) is 2.59. The molecule has 144 valence electrons. The van der Waals surface area contributed by atoms with E-state index in [1.165, 1.54) is 23.1 Å². The summed E-state index contributed by atoms with van der Waals surface area (Å²) < 4.78 is 5.39. The molecule has 0 radical (unpaired) electrons. The van der Waals surface area contributed by atoms with Gasteiger partial charge in [0, 0.05) is 0 Å². The monoisotopic (exact) mass is 436 g/mol. The number of hydrogen-bond donors (Lipinski definition) is 2. The van der Waals surface area contributed by atoms with Crippen LogP contribution in [0.4, 0.5) is 5.69 Å². The fourth-order valence-corrected chi connectivity index (χ4v) is 3.37. The van der Waals surface area contributed by atoms with E-state index in [1.807, 2.05) is 6.92 Å². The van der Waals surface area contributed by atoms with E-state index < -0.39 is 11.8 Å². The Bertz CT molecular complexity index is 982. The van der Waals surface area contributed by atoms with E-state index in [-0.39, 0.29) is 26.5 Å². The zero-order valence-corrected chi connectivity index (χ0v) is 16.9. The van der Waals surface area contributed by atoms with Gasteiger partial charge >= 0.3 is 0 Å². The van der Waals surface area contributed by atoms with Crippen LogP contribution in [0.5, 0.6) is 11.5 Å². The number of halogens is 2. The van der Waals surface area contributed by atoms with Gasteiger partial charge in [-0.15, -0.1) is 0 Å². The SMILES string of the molecule is CCOc1ccc(N2C(=O)/C(=C\c3cc(Cl)c(O)c(Cl)c3)C(=O)NC2=S)cc1. The third-order valence-corrected chi connectivity index (χ3v) is 4.72. The van der Waals surface area contributed by atoms with Crippen LogP contribution in [-0.2, 0) is 9.59 Å². The number of phenols is 1. The smallest absolute Gasteiger partial charge is 0.270 e. The summed E-state index contributed by atoms with van der Waals surface area (Å²) in [5.41, 5.74) is 0.706. The number of ether oxygens (including phenoxy) is 1. The van der Waals surface area contributed by atoms with E-state index in [0.29, 0.717) is 23.6 Å². The molecule has 1 fully saturated rings. The minimum Gasteiger partial charge on any atom is -0.505 e. The van der Waals surface area contributed by atoms with Gasteiger partial charge in [0.2, 0.25) is 0 Å². The van der Waals surface area contributed by atoms with Crippen molar-refractivity contribution in [3.05, 3.63) is 57.6 Å². The van der Waals surface area contributed by atoms with Gasteiger partial charge in [0.15, 0.2) is 10.9 Å². The lowest BCUT2D eigenvalue weighted by atomic mass is 10.1. The second kappa shape index (κ2) is 8.18. The molecule has 1 aliphatic rings. The zero-order chi connectivity index (χ0) is 20.4. The maximum atomic E-state index is 13.0. The van der Waals surface area contributed by atoms with Gasteiger partial charge in [-0.05, 0) is 67.2 Å². The second-order valence-corrected chi connectivity index (χ2v) is 6.92. The number of benzene rings is 2. The highest BCUT2D eigenvalue weighted by atomic mass is 35.5. The minimum absolute atomic E-state index is 0.00177. The molecule has 3 rings (SSSR count). The highest BCUT2D eigenvalue weighted by Gasteiger charge is 2.34. The number of anilines is 1. The highest BCUT2D eigenvalue weighted by molar-refractivity contribution is 7.80. The van der Waals surface area contributed by atoms with Gasteiger partial charge in [-0.1, -0.05) is 23.2 Å². The standard InChI is InChI=1S/C19H14Cl2N2O4S/c1-2-27-12-5-3-11(4-6-12)23-18(26)13(17(25)22-19(23)28)7-10-8-14(20)16(24)15(21)9-10/h3-9,24H,2H2,1H3,(H,22,25,28)/b13-7-. The van der Waals surface area contributed by atoms with E-state index in [2.05, 4.69) is 5.32 Å². The fraction of sp³-hybridized carbons (Fsp3) is 0.105. The summed E-state index contributed by atoms with van der Waals surface area (Å²) in [5.74, 6) is -0.868. The molecule has 2 aromatic carbocycles. The summed E-state index contributed by atoms with van der Waals surface area (Å²) in [6.45, 7) is 2.38. The molecule has 0 atom stereocenters. The van der Waals surface area contributed by atoms with Crippen molar-refractivity contribution in [1.29, 1.82) is 0 Å². The van der Waals surface area contributed by atoms with Crippen LogP contribution in [0.15, 0.2) is 42.0 Å². The number of rotatable bonds is 4. The van der Waals surface area contributed by atoms with Crippen LogP contribution in [0.2, 0.25) is 10.0 Å². The molecule has 9 heteroatoms. The molecule has 2 aromatic rings. The lowest BCUT2D eigenvalue weighted by Gasteiger charge is -2.29. The molecular formula is C19H14Cl2N2O4S. The van der Waals surface area contributed by atoms with Gasteiger partial charge in [-0.25, -0.2) is 0 Å². The number of carbonyl (C=O) groups excluding carboxylic acids is 2. The van der Waals surface area contributed by atoms with Crippen LogP contribution in [0, 0.1) is 0 Å². The van der Waals surface area contributed by atoms with Crippen LogP contribution < -0.4 is 15.0 Å². The second-order valence-electron chi connectivity index (χ2n) is 5.72. The van der Waals surface area contributed by atoms with E-state index in [9.17, 15) is 14.7 Å². The molecule has 1 heterocycles. The lowest BCUT2D eigenvalue weighted by molar-refractivity contribution is -0.122. The van der Waals surface area contributed by atoms with Crippen LogP contribution in [-0.4, -0.2) is 28.6 Å². The molecule has 0 spiro atoms. The summed E-state index contributed by atoms with van der Waals surface area (Å²) >= 11 is 17.0. The Morgan fingerprint density at radius 2 is 1.79 bits per heavy atom. The Kier molecular flexibility index (Phi) is 5.88. The number of thiocarbonyl (C=S) groups is 1. The number of carbonyl (C=O) groups is 2. The lowest BCUT2D eigenvalue weighted by Crippen LogP contribution is -2.54. The van der Waals surface area contributed by atoms with E-state index >= 15 is 0 Å². The van der Waals surface area contributed by atoms with Gasteiger partial charge in [0.25, 0.3) is 11.8 Å². The molecule has 28 heavy (non-hydrogen) atoms. The van der Waals surface area contributed by atoms with Crippen molar-refractivity contribution in [2.75, 3.05) is 11.5 Å². The van der Waals surface area contributed by atoms with Crippen molar-refractivity contribution < 1.29 is 19.4 Å². The predicted octanol–water partition coefficient (Wildman–Crippen LogP) is 3.93. The van der Waals surface area contributed by atoms with Crippen molar-refractivity contribution in [2.24, 2.45) is 0 Å². The summed E-state index contributed by atoms with van der Waals surface area (Å²) in [6, 6.07) is 9.52. The molecule has 0 bridgehead atoms. The topological polar surface area (TPSA) is 78.9 Å². The highest BCUT2D eigenvalue weighted by Crippen LogP contribution is 2.34. The summed E-state index contributed by atoms with van der Waals surface area (Å²) in [7, 11) is 0. The van der Waals surface area contributed by atoms with Crippen LogP contribution in [0.3, 0.4) is 0 Å². The quantitative estimate of drug-likeness (QED) is 0.431.